The fourth-order valence-corrected chi connectivity index (χ4v) is 2.20. The molecule has 1 atom stereocenters. The van der Waals surface area contributed by atoms with Crippen molar-refractivity contribution in [2.45, 2.75) is 12.5 Å². The summed E-state index contributed by atoms with van der Waals surface area (Å²) in [5.74, 6) is -0.641. The second-order valence-electron chi connectivity index (χ2n) is 3.82. The summed E-state index contributed by atoms with van der Waals surface area (Å²) in [6.45, 7) is 1.69. The third-order valence-electron chi connectivity index (χ3n) is 2.52. The second-order valence-corrected chi connectivity index (χ2v) is 4.74. The van der Waals surface area contributed by atoms with Gasteiger partial charge in [-0.25, -0.2) is 4.39 Å². The summed E-state index contributed by atoms with van der Waals surface area (Å²) >= 11 is 3.16. The van der Waals surface area contributed by atoms with E-state index in [2.05, 4.69) is 26.6 Å². The van der Waals surface area contributed by atoms with Crippen LogP contribution < -0.4 is 10.6 Å². The van der Waals surface area contributed by atoms with E-state index in [4.69, 9.17) is 0 Å². The van der Waals surface area contributed by atoms with Gasteiger partial charge in [-0.3, -0.25) is 4.79 Å². The quantitative estimate of drug-likeness (QED) is 0.869. The predicted octanol–water partition coefficient (Wildman–Crippen LogP) is 1.68. The SMILES string of the molecule is O=C(N[C@H]1CCNC1)c1cc(F)cc(Br)c1. The number of carbonyl (C=O) groups excluding carboxylic acids is 1. The van der Waals surface area contributed by atoms with Crippen LogP contribution in [0.25, 0.3) is 0 Å². The number of carbonyl (C=O) groups is 1. The minimum absolute atomic E-state index is 0.148. The van der Waals surface area contributed by atoms with Gasteiger partial charge < -0.3 is 10.6 Å². The molecule has 3 nitrogen and oxygen atoms in total. The minimum atomic E-state index is -0.413. The summed E-state index contributed by atoms with van der Waals surface area (Å²) in [5.41, 5.74) is 0.346. The lowest BCUT2D eigenvalue weighted by atomic mass is 10.2. The number of hydrogen-bond acceptors (Lipinski definition) is 2. The molecule has 0 spiro atoms. The molecule has 86 valence electrons. The van der Waals surface area contributed by atoms with Gasteiger partial charge in [0.1, 0.15) is 5.82 Å². The molecule has 0 aromatic heterocycles. The molecular formula is C11H12BrFN2O. The first-order valence-electron chi connectivity index (χ1n) is 5.13. The first-order chi connectivity index (χ1) is 7.65. The van der Waals surface area contributed by atoms with Crippen LogP contribution in [0.1, 0.15) is 16.8 Å². The van der Waals surface area contributed by atoms with Crippen LogP contribution in [0.4, 0.5) is 4.39 Å². The van der Waals surface area contributed by atoms with E-state index in [9.17, 15) is 9.18 Å². The average molecular weight is 287 g/mol. The van der Waals surface area contributed by atoms with Crippen molar-refractivity contribution in [1.29, 1.82) is 0 Å². The zero-order valence-electron chi connectivity index (χ0n) is 8.59. The van der Waals surface area contributed by atoms with Gasteiger partial charge in [-0.2, -0.15) is 0 Å². The summed E-state index contributed by atoms with van der Waals surface area (Å²) in [5, 5.41) is 6.01. The fourth-order valence-electron chi connectivity index (χ4n) is 1.73. The Morgan fingerprint density at radius 2 is 2.31 bits per heavy atom. The Hall–Kier alpha value is -0.940. The maximum atomic E-state index is 13.1. The Morgan fingerprint density at radius 1 is 1.50 bits per heavy atom. The molecule has 1 saturated heterocycles. The number of benzene rings is 1. The van der Waals surface area contributed by atoms with Crippen molar-refractivity contribution < 1.29 is 9.18 Å². The van der Waals surface area contributed by atoms with Crippen LogP contribution in [-0.4, -0.2) is 25.0 Å². The van der Waals surface area contributed by atoms with E-state index in [0.717, 1.165) is 19.5 Å². The highest BCUT2D eigenvalue weighted by Gasteiger charge is 2.17. The first-order valence-corrected chi connectivity index (χ1v) is 5.92. The standard InChI is InChI=1S/C11H12BrFN2O/c12-8-3-7(4-9(13)5-8)11(16)15-10-1-2-14-6-10/h3-5,10,14H,1-2,6H2,(H,15,16)/t10-/m0/s1. The number of halogens is 2. The minimum Gasteiger partial charge on any atom is -0.348 e. The van der Waals surface area contributed by atoms with E-state index < -0.39 is 5.82 Å². The Morgan fingerprint density at radius 3 is 2.94 bits per heavy atom. The van der Waals surface area contributed by atoms with Crippen molar-refractivity contribution in [2.75, 3.05) is 13.1 Å². The molecule has 1 fully saturated rings. The van der Waals surface area contributed by atoms with Crippen LogP contribution in [0.15, 0.2) is 22.7 Å². The van der Waals surface area contributed by atoms with E-state index in [-0.39, 0.29) is 11.9 Å². The van der Waals surface area contributed by atoms with E-state index >= 15 is 0 Å². The van der Waals surface area contributed by atoms with Gasteiger partial charge in [0, 0.05) is 22.6 Å². The average Bonchev–Trinajstić information content (AvgIpc) is 2.68. The van der Waals surface area contributed by atoms with Gasteiger partial charge >= 0.3 is 0 Å². The maximum Gasteiger partial charge on any atom is 0.251 e. The Labute approximate surface area is 102 Å². The van der Waals surface area contributed by atoms with Crippen molar-refractivity contribution >= 4 is 21.8 Å². The fraction of sp³-hybridized carbons (Fsp3) is 0.364. The molecule has 0 aliphatic carbocycles. The molecule has 1 amide bonds. The molecular weight excluding hydrogens is 275 g/mol. The summed E-state index contributed by atoms with van der Waals surface area (Å²) < 4.78 is 13.7. The van der Waals surface area contributed by atoms with Gasteiger partial charge in [-0.1, -0.05) is 15.9 Å². The molecule has 16 heavy (non-hydrogen) atoms. The maximum absolute atomic E-state index is 13.1. The topological polar surface area (TPSA) is 41.1 Å². The van der Waals surface area contributed by atoms with Gasteiger partial charge in [-0.15, -0.1) is 0 Å². The lowest BCUT2D eigenvalue weighted by molar-refractivity contribution is 0.0939. The molecule has 5 heteroatoms. The molecule has 2 rings (SSSR count). The highest BCUT2D eigenvalue weighted by Crippen LogP contribution is 2.15. The Kier molecular flexibility index (Phi) is 3.56. The first kappa shape index (κ1) is 11.5. The third-order valence-corrected chi connectivity index (χ3v) is 2.98. The van der Waals surface area contributed by atoms with E-state index in [1.165, 1.54) is 12.1 Å². The predicted molar refractivity (Wildman–Crippen MR) is 62.8 cm³/mol. The van der Waals surface area contributed by atoms with Crippen LogP contribution in [0.2, 0.25) is 0 Å². The number of hydrogen-bond donors (Lipinski definition) is 2. The molecule has 1 aromatic carbocycles. The Bertz CT molecular complexity index is 385. The molecule has 1 aromatic rings. The van der Waals surface area contributed by atoms with Gasteiger partial charge in [-0.05, 0) is 31.2 Å². The van der Waals surface area contributed by atoms with Crippen LogP contribution in [-0.2, 0) is 0 Å². The smallest absolute Gasteiger partial charge is 0.251 e. The van der Waals surface area contributed by atoms with Crippen LogP contribution >= 0.6 is 15.9 Å². The van der Waals surface area contributed by atoms with Crippen molar-refractivity contribution in [3.05, 3.63) is 34.1 Å². The zero-order chi connectivity index (χ0) is 11.5. The van der Waals surface area contributed by atoms with Crippen molar-refractivity contribution in [1.82, 2.24) is 10.6 Å². The van der Waals surface area contributed by atoms with Crippen LogP contribution in [0, 0.1) is 5.82 Å². The van der Waals surface area contributed by atoms with E-state index in [1.807, 2.05) is 0 Å². The van der Waals surface area contributed by atoms with Crippen molar-refractivity contribution in [3.8, 4) is 0 Å². The molecule has 2 N–H and O–H groups in total. The molecule has 1 aliphatic rings. The highest BCUT2D eigenvalue weighted by molar-refractivity contribution is 9.10. The zero-order valence-corrected chi connectivity index (χ0v) is 10.2. The summed E-state index contributed by atoms with van der Waals surface area (Å²) in [6.07, 6.45) is 0.919. The van der Waals surface area contributed by atoms with Gasteiger partial charge in [0.15, 0.2) is 0 Å². The largest absolute Gasteiger partial charge is 0.348 e. The Balaban J connectivity index is 2.07. The van der Waals surface area contributed by atoms with E-state index in [0.29, 0.717) is 10.0 Å². The molecule has 0 unspecified atom stereocenters. The van der Waals surface area contributed by atoms with Crippen LogP contribution in [0.5, 0.6) is 0 Å². The number of rotatable bonds is 2. The monoisotopic (exact) mass is 286 g/mol. The third kappa shape index (κ3) is 2.80. The number of nitrogens with one attached hydrogen (secondary N) is 2. The molecule has 0 radical (unpaired) electrons. The highest BCUT2D eigenvalue weighted by atomic mass is 79.9. The number of amides is 1. The lowest BCUT2D eigenvalue weighted by Crippen LogP contribution is -2.36. The molecule has 1 heterocycles. The second kappa shape index (κ2) is 4.93. The van der Waals surface area contributed by atoms with E-state index in [1.54, 1.807) is 6.07 Å². The van der Waals surface area contributed by atoms with Gasteiger partial charge in [0.05, 0.1) is 0 Å². The summed E-state index contributed by atoms with van der Waals surface area (Å²) in [4.78, 5) is 11.8. The molecule has 0 saturated carbocycles. The lowest BCUT2D eigenvalue weighted by Gasteiger charge is -2.11. The van der Waals surface area contributed by atoms with Gasteiger partial charge in [0.2, 0.25) is 0 Å². The summed E-state index contributed by atoms with van der Waals surface area (Å²) in [7, 11) is 0. The normalized spacial score (nSPS) is 19.8. The summed E-state index contributed by atoms with van der Waals surface area (Å²) in [6, 6.07) is 4.33. The van der Waals surface area contributed by atoms with Gasteiger partial charge in [0.25, 0.3) is 5.91 Å². The molecule has 0 bridgehead atoms. The van der Waals surface area contributed by atoms with Crippen LogP contribution in [0.3, 0.4) is 0 Å². The van der Waals surface area contributed by atoms with Crippen molar-refractivity contribution in [2.24, 2.45) is 0 Å². The molecule has 1 aliphatic heterocycles. The van der Waals surface area contributed by atoms with Crippen molar-refractivity contribution in [3.63, 3.8) is 0 Å².